The minimum Gasteiger partial charge on any atom is -0.494 e. The molecule has 1 aromatic rings. The zero-order valence-electron chi connectivity index (χ0n) is 10.3. The Kier molecular flexibility index (Phi) is 5.49. The number of carboxylic acid groups (broad SMARTS) is 1. The molecule has 0 amide bonds. The first-order valence-corrected chi connectivity index (χ1v) is 5.85. The summed E-state index contributed by atoms with van der Waals surface area (Å²) >= 11 is 0. The summed E-state index contributed by atoms with van der Waals surface area (Å²) in [6.45, 7) is 4.94. The molecule has 0 fully saturated rings. The van der Waals surface area contributed by atoms with E-state index in [2.05, 4.69) is 5.32 Å². The second-order valence-corrected chi connectivity index (χ2v) is 3.76. The maximum Gasteiger partial charge on any atom is 0.320 e. The molecule has 0 heterocycles. The highest BCUT2D eigenvalue weighted by Crippen LogP contribution is 2.13. The summed E-state index contributed by atoms with van der Waals surface area (Å²) in [6, 6.07) is 7.17. The Hall–Kier alpha value is -1.55. The van der Waals surface area contributed by atoms with Gasteiger partial charge in [-0.3, -0.25) is 4.79 Å². The van der Waals surface area contributed by atoms with E-state index in [0.717, 1.165) is 11.3 Å². The molecular weight excluding hydrogens is 218 g/mol. The highest BCUT2D eigenvalue weighted by atomic mass is 16.5. The van der Waals surface area contributed by atoms with Crippen molar-refractivity contribution >= 4 is 5.97 Å². The molecule has 0 radical (unpaired) electrons. The van der Waals surface area contributed by atoms with Crippen molar-refractivity contribution in [2.45, 2.75) is 32.9 Å². The number of hydrogen-bond acceptors (Lipinski definition) is 3. The van der Waals surface area contributed by atoms with Crippen LogP contribution in [-0.4, -0.2) is 23.7 Å². The van der Waals surface area contributed by atoms with Gasteiger partial charge in [-0.05, 0) is 31.0 Å². The molecule has 0 saturated carbocycles. The summed E-state index contributed by atoms with van der Waals surface area (Å²) < 4.78 is 5.38. The van der Waals surface area contributed by atoms with Crippen molar-refractivity contribution in [3.63, 3.8) is 0 Å². The molecule has 0 aromatic heterocycles. The van der Waals surface area contributed by atoms with Gasteiger partial charge in [0.1, 0.15) is 11.8 Å². The van der Waals surface area contributed by atoms with Crippen molar-refractivity contribution in [2.24, 2.45) is 0 Å². The van der Waals surface area contributed by atoms with Crippen LogP contribution in [0.2, 0.25) is 0 Å². The van der Waals surface area contributed by atoms with E-state index in [9.17, 15) is 4.79 Å². The predicted octanol–water partition coefficient (Wildman–Crippen LogP) is 2.04. The second-order valence-electron chi connectivity index (χ2n) is 3.76. The summed E-state index contributed by atoms with van der Waals surface area (Å²) in [5.41, 5.74) is 1.02. The van der Waals surface area contributed by atoms with Gasteiger partial charge in [-0.15, -0.1) is 0 Å². The van der Waals surface area contributed by atoms with Gasteiger partial charge in [0.2, 0.25) is 0 Å². The molecule has 1 aromatic carbocycles. The van der Waals surface area contributed by atoms with Gasteiger partial charge >= 0.3 is 5.97 Å². The van der Waals surface area contributed by atoms with E-state index >= 15 is 0 Å². The summed E-state index contributed by atoms with van der Waals surface area (Å²) in [5.74, 6) is 0.00337. The van der Waals surface area contributed by atoms with Gasteiger partial charge in [0.25, 0.3) is 0 Å². The number of benzene rings is 1. The van der Waals surface area contributed by atoms with E-state index in [0.29, 0.717) is 19.6 Å². The molecule has 2 N–H and O–H groups in total. The maximum atomic E-state index is 10.8. The number of aliphatic carboxylic acids is 1. The number of carboxylic acids is 1. The van der Waals surface area contributed by atoms with Gasteiger partial charge < -0.3 is 15.2 Å². The van der Waals surface area contributed by atoms with Crippen molar-refractivity contribution in [2.75, 3.05) is 6.61 Å². The van der Waals surface area contributed by atoms with Crippen LogP contribution >= 0.6 is 0 Å². The van der Waals surface area contributed by atoms with Crippen LogP contribution in [0.15, 0.2) is 24.3 Å². The SMILES string of the molecule is CCOc1cccc(CNC(CC)C(=O)O)c1. The summed E-state index contributed by atoms with van der Waals surface area (Å²) in [4.78, 5) is 10.8. The minimum atomic E-state index is -0.812. The van der Waals surface area contributed by atoms with Crippen molar-refractivity contribution in [3.05, 3.63) is 29.8 Å². The molecule has 4 heteroatoms. The van der Waals surface area contributed by atoms with E-state index in [1.165, 1.54) is 0 Å². The van der Waals surface area contributed by atoms with E-state index in [-0.39, 0.29) is 0 Å². The Morgan fingerprint density at radius 3 is 2.82 bits per heavy atom. The first-order chi connectivity index (χ1) is 8.17. The van der Waals surface area contributed by atoms with Gasteiger partial charge in [-0.25, -0.2) is 0 Å². The van der Waals surface area contributed by atoms with Crippen LogP contribution in [0.25, 0.3) is 0 Å². The molecule has 0 aliphatic rings. The molecule has 1 atom stereocenters. The number of rotatable bonds is 7. The van der Waals surface area contributed by atoms with Crippen LogP contribution in [0.3, 0.4) is 0 Å². The van der Waals surface area contributed by atoms with Crippen LogP contribution in [0, 0.1) is 0 Å². The van der Waals surface area contributed by atoms with E-state index in [1.54, 1.807) is 0 Å². The van der Waals surface area contributed by atoms with Crippen molar-refractivity contribution in [1.82, 2.24) is 5.32 Å². The van der Waals surface area contributed by atoms with Gasteiger partial charge in [0, 0.05) is 6.54 Å². The van der Waals surface area contributed by atoms with Crippen molar-refractivity contribution in [1.29, 1.82) is 0 Å². The Morgan fingerprint density at radius 2 is 2.24 bits per heavy atom. The summed E-state index contributed by atoms with van der Waals surface area (Å²) in [5, 5.41) is 11.9. The molecule has 0 saturated heterocycles. The van der Waals surface area contributed by atoms with E-state index < -0.39 is 12.0 Å². The van der Waals surface area contributed by atoms with E-state index in [4.69, 9.17) is 9.84 Å². The standard InChI is InChI=1S/C13H19NO3/c1-3-12(13(15)16)14-9-10-6-5-7-11(8-10)17-4-2/h5-8,12,14H,3-4,9H2,1-2H3,(H,15,16). The topological polar surface area (TPSA) is 58.6 Å². The van der Waals surface area contributed by atoms with Gasteiger partial charge in [-0.2, -0.15) is 0 Å². The monoisotopic (exact) mass is 237 g/mol. The van der Waals surface area contributed by atoms with Crippen LogP contribution < -0.4 is 10.1 Å². The van der Waals surface area contributed by atoms with Crippen molar-refractivity contribution in [3.8, 4) is 5.75 Å². The quantitative estimate of drug-likeness (QED) is 0.762. The molecule has 0 spiro atoms. The van der Waals surface area contributed by atoms with Crippen LogP contribution in [-0.2, 0) is 11.3 Å². The van der Waals surface area contributed by atoms with Gasteiger partial charge in [-0.1, -0.05) is 19.1 Å². The zero-order valence-corrected chi connectivity index (χ0v) is 10.3. The normalized spacial score (nSPS) is 12.1. The third-order valence-corrected chi connectivity index (χ3v) is 2.47. The molecule has 4 nitrogen and oxygen atoms in total. The van der Waals surface area contributed by atoms with Crippen LogP contribution in [0.5, 0.6) is 5.75 Å². The third kappa shape index (κ3) is 4.44. The lowest BCUT2D eigenvalue weighted by Gasteiger charge is -2.12. The molecule has 0 aliphatic heterocycles. The minimum absolute atomic E-state index is 0.495. The highest BCUT2D eigenvalue weighted by Gasteiger charge is 2.13. The number of carbonyl (C=O) groups is 1. The maximum absolute atomic E-state index is 10.8. The molecule has 0 bridgehead atoms. The fourth-order valence-corrected chi connectivity index (χ4v) is 1.56. The first-order valence-electron chi connectivity index (χ1n) is 5.85. The number of hydrogen-bond donors (Lipinski definition) is 2. The Morgan fingerprint density at radius 1 is 1.47 bits per heavy atom. The molecule has 0 aliphatic carbocycles. The molecule has 1 unspecified atom stereocenters. The van der Waals surface area contributed by atoms with Crippen LogP contribution in [0.1, 0.15) is 25.8 Å². The van der Waals surface area contributed by atoms with Gasteiger partial charge in [0.15, 0.2) is 0 Å². The molecule has 17 heavy (non-hydrogen) atoms. The van der Waals surface area contributed by atoms with Crippen LogP contribution in [0.4, 0.5) is 0 Å². The first kappa shape index (κ1) is 13.5. The van der Waals surface area contributed by atoms with E-state index in [1.807, 2.05) is 38.1 Å². The Balaban J connectivity index is 2.56. The fourth-order valence-electron chi connectivity index (χ4n) is 1.56. The highest BCUT2D eigenvalue weighted by molar-refractivity contribution is 5.73. The molecule has 94 valence electrons. The third-order valence-electron chi connectivity index (χ3n) is 2.47. The zero-order chi connectivity index (χ0) is 12.7. The average Bonchev–Trinajstić information content (AvgIpc) is 2.30. The largest absolute Gasteiger partial charge is 0.494 e. The second kappa shape index (κ2) is 6.91. The summed E-state index contributed by atoms with van der Waals surface area (Å²) in [7, 11) is 0. The summed E-state index contributed by atoms with van der Waals surface area (Å²) in [6.07, 6.45) is 0.570. The number of ether oxygens (including phenoxy) is 1. The lowest BCUT2D eigenvalue weighted by molar-refractivity contribution is -0.139. The fraction of sp³-hybridized carbons (Fsp3) is 0.462. The lowest BCUT2D eigenvalue weighted by atomic mass is 10.2. The Labute approximate surface area is 102 Å². The number of nitrogens with one attached hydrogen (secondary N) is 1. The van der Waals surface area contributed by atoms with Crippen molar-refractivity contribution < 1.29 is 14.6 Å². The molecular formula is C13H19NO3. The molecule has 1 rings (SSSR count). The Bertz CT molecular complexity index is 365. The lowest BCUT2D eigenvalue weighted by Crippen LogP contribution is -2.35. The average molecular weight is 237 g/mol. The van der Waals surface area contributed by atoms with Gasteiger partial charge in [0.05, 0.1) is 6.61 Å². The smallest absolute Gasteiger partial charge is 0.320 e. The predicted molar refractivity (Wildman–Crippen MR) is 66.2 cm³/mol.